The fourth-order valence-electron chi connectivity index (χ4n) is 2.75. The minimum absolute atomic E-state index is 0.161. The van der Waals surface area contributed by atoms with Gasteiger partial charge in [-0.25, -0.2) is 0 Å². The van der Waals surface area contributed by atoms with E-state index in [4.69, 9.17) is 0 Å². The number of thioether (sulfide) groups is 1. The van der Waals surface area contributed by atoms with Crippen molar-refractivity contribution in [3.05, 3.63) is 64.7 Å². The number of carbonyl (C=O) groups is 2. The van der Waals surface area contributed by atoms with Gasteiger partial charge >= 0.3 is 6.18 Å². The van der Waals surface area contributed by atoms with Crippen molar-refractivity contribution in [3.8, 4) is 0 Å². The van der Waals surface area contributed by atoms with E-state index in [2.05, 4.69) is 20.8 Å². The van der Waals surface area contributed by atoms with Crippen LogP contribution in [0.1, 0.15) is 27.0 Å². The van der Waals surface area contributed by atoms with E-state index in [0.29, 0.717) is 9.90 Å². The predicted octanol–water partition coefficient (Wildman–Crippen LogP) is 5.16. The van der Waals surface area contributed by atoms with Crippen LogP contribution >= 0.6 is 23.1 Å². The molecule has 0 saturated heterocycles. The van der Waals surface area contributed by atoms with Crippen molar-refractivity contribution in [2.75, 3.05) is 16.4 Å². The van der Waals surface area contributed by atoms with Crippen LogP contribution in [0.3, 0.4) is 0 Å². The zero-order valence-electron chi connectivity index (χ0n) is 16.4. The average molecular weight is 467 g/mol. The lowest BCUT2D eigenvalue weighted by Gasteiger charge is -2.13. The molecule has 0 bridgehead atoms. The van der Waals surface area contributed by atoms with Gasteiger partial charge in [-0.3, -0.25) is 14.9 Å². The number of anilines is 2. The second-order valence-electron chi connectivity index (χ2n) is 6.58. The van der Waals surface area contributed by atoms with Crippen LogP contribution < -0.4 is 10.6 Å². The number of benzene rings is 2. The van der Waals surface area contributed by atoms with Gasteiger partial charge in [0.1, 0.15) is 0 Å². The van der Waals surface area contributed by atoms with Crippen LogP contribution in [0, 0.1) is 13.8 Å². The highest BCUT2D eigenvalue weighted by atomic mass is 32.2. The van der Waals surface area contributed by atoms with Crippen LogP contribution in [0.25, 0.3) is 0 Å². The van der Waals surface area contributed by atoms with E-state index >= 15 is 0 Å². The molecule has 2 aromatic carbocycles. The van der Waals surface area contributed by atoms with Crippen LogP contribution in [0.4, 0.5) is 24.0 Å². The molecule has 31 heavy (non-hydrogen) atoms. The monoisotopic (exact) mass is 466 g/mol. The summed E-state index contributed by atoms with van der Waals surface area (Å²) in [6, 6.07) is 10.2. The summed E-state index contributed by atoms with van der Waals surface area (Å²) in [5.74, 6) is -1.11. The highest BCUT2D eigenvalue weighted by molar-refractivity contribution is 8.01. The fourth-order valence-corrected chi connectivity index (χ4v) is 4.29. The Morgan fingerprint density at radius 3 is 2.39 bits per heavy atom. The molecular weight excluding hydrogens is 449 g/mol. The molecule has 6 nitrogen and oxygen atoms in total. The van der Waals surface area contributed by atoms with Gasteiger partial charge < -0.3 is 5.32 Å². The number of halogens is 3. The Bertz CT molecular complexity index is 1100. The van der Waals surface area contributed by atoms with Crippen LogP contribution in [0.2, 0.25) is 0 Å². The summed E-state index contributed by atoms with van der Waals surface area (Å²) in [5.41, 5.74) is 1.18. The number of amides is 2. The minimum Gasteiger partial charge on any atom is -0.325 e. The Morgan fingerprint density at radius 1 is 1.03 bits per heavy atom. The minimum atomic E-state index is -4.57. The van der Waals surface area contributed by atoms with Gasteiger partial charge in [-0.05, 0) is 38.1 Å². The number of para-hydroxylation sites is 1. The second kappa shape index (κ2) is 9.48. The molecule has 0 spiro atoms. The summed E-state index contributed by atoms with van der Waals surface area (Å²) >= 11 is 2.08. The Hall–Kier alpha value is -2.92. The molecule has 2 amide bonds. The summed E-state index contributed by atoms with van der Waals surface area (Å²) in [4.78, 5) is 24.5. The van der Waals surface area contributed by atoms with Crippen molar-refractivity contribution in [1.82, 2.24) is 10.2 Å². The topological polar surface area (TPSA) is 84.0 Å². The molecule has 0 fully saturated rings. The summed E-state index contributed by atoms with van der Waals surface area (Å²) < 4.78 is 39.4. The predicted molar refractivity (Wildman–Crippen MR) is 115 cm³/mol. The first-order valence-corrected chi connectivity index (χ1v) is 10.7. The number of aryl methyl sites for hydroxylation is 2. The molecule has 162 valence electrons. The van der Waals surface area contributed by atoms with E-state index in [1.807, 2.05) is 19.9 Å². The first-order chi connectivity index (χ1) is 14.6. The summed E-state index contributed by atoms with van der Waals surface area (Å²) in [5, 5.41) is 12.9. The van der Waals surface area contributed by atoms with Gasteiger partial charge in [0.15, 0.2) is 4.34 Å². The number of alkyl halides is 3. The van der Waals surface area contributed by atoms with Crippen molar-refractivity contribution < 1.29 is 22.8 Å². The van der Waals surface area contributed by atoms with E-state index in [1.54, 1.807) is 12.1 Å². The Morgan fingerprint density at radius 2 is 1.71 bits per heavy atom. The molecule has 2 N–H and O–H groups in total. The van der Waals surface area contributed by atoms with Crippen LogP contribution in [-0.2, 0) is 11.0 Å². The van der Waals surface area contributed by atoms with Crippen molar-refractivity contribution in [3.63, 3.8) is 0 Å². The van der Waals surface area contributed by atoms with E-state index in [-0.39, 0.29) is 22.5 Å². The van der Waals surface area contributed by atoms with Gasteiger partial charge in [0, 0.05) is 5.56 Å². The first-order valence-electron chi connectivity index (χ1n) is 8.94. The molecular formula is C20H17F3N4O2S2. The maximum absolute atomic E-state index is 13.0. The maximum Gasteiger partial charge on any atom is 0.418 e. The summed E-state index contributed by atoms with van der Waals surface area (Å²) in [6.45, 7) is 3.78. The first kappa shape index (κ1) is 22.8. The van der Waals surface area contributed by atoms with Gasteiger partial charge in [0.25, 0.3) is 5.91 Å². The number of nitrogens with one attached hydrogen (secondary N) is 2. The van der Waals surface area contributed by atoms with Crippen LogP contribution in [0.15, 0.2) is 46.8 Å². The van der Waals surface area contributed by atoms with Gasteiger partial charge in [-0.1, -0.05) is 52.4 Å². The Labute approximate surface area is 184 Å². The molecule has 0 unspecified atom stereocenters. The quantitative estimate of drug-likeness (QED) is 0.387. The van der Waals surface area contributed by atoms with E-state index < -0.39 is 17.6 Å². The molecule has 0 radical (unpaired) electrons. The van der Waals surface area contributed by atoms with E-state index in [0.717, 1.165) is 40.3 Å². The van der Waals surface area contributed by atoms with E-state index in [1.165, 1.54) is 18.2 Å². The zero-order valence-corrected chi connectivity index (χ0v) is 18.0. The molecule has 0 atom stereocenters. The molecule has 0 saturated carbocycles. The van der Waals surface area contributed by atoms with Crippen LogP contribution in [0.5, 0.6) is 0 Å². The maximum atomic E-state index is 13.0. The molecule has 0 aliphatic rings. The Balaban J connectivity index is 1.57. The van der Waals surface area contributed by atoms with Crippen molar-refractivity contribution in [1.29, 1.82) is 0 Å². The van der Waals surface area contributed by atoms with Crippen molar-refractivity contribution in [2.45, 2.75) is 24.4 Å². The molecule has 3 aromatic rings. The lowest BCUT2D eigenvalue weighted by molar-refractivity contribution is -0.137. The van der Waals surface area contributed by atoms with Crippen molar-refractivity contribution in [2.24, 2.45) is 0 Å². The normalized spacial score (nSPS) is 11.3. The SMILES string of the molecule is Cc1cc(C)cc(C(=O)Nc2nnc(SCC(=O)Nc3ccccc3C(F)(F)F)s2)c1. The molecule has 0 aliphatic carbocycles. The Kier molecular flexibility index (Phi) is 6.96. The molecule has 0 aliphatic heterocycles. The third-order valence-electron chi connectivity index (χ3n) is 3.94. The third kappa shape index (κ3) is 6.28. The number of hydrogen-bond acceptors (Lipinski definition) is 6. The van der Waals surface area contributed by atoms with Gasteiger partial charge in [-0.2, -0.15) is 13.2 Å². The number of nitrogens with zero attached hydrogens (tertiary/aromatic N) is 2. The number of hydrogen-bond donors (Lipinski definition) is 2. The lowest BCUT2D eigenvalue weighted by Crippen LogP contribution is -2.18. The van der Waals surface area contributed by atoms with Gasteiger partial charge in [-0.15, -0.1) is 10.2 Å². The summed E-state index contributed by atoms with van der Waals surface area (Å²) in [6.07, 6.45) is -4.57. The van der Waals surface area contributed by atoms with E-state index in [9.17, 15) is 22.8 Å². The number of aromatic nitrogens is 2. The second-order valence-corrected chi connectivity index (χ2v) is 8.78. The summed E-state index contributed by atoms with van der Waals surface area (Å²) in [7, 11) is 0. The fraction of sp³-hybridized carbons (Fsp3) is 0.200. The molecule has 11 heteroatoms. The molecule has 3 rings (SSSR count). The number of carbonyl (C=O) groups excluding carboxylic acids is 2. The largest absolute Gasteiger partial charge is 0.418 e. The lowest BCUT2D eigenvalue weighted by atomic mass is 10.1. The third-order valence-corrected chi connectivity index (χ3v) is 5.92. The van der Waals surface area contributed by atoms with Crippen LogP contribution in [-0.4, -0.2) is 27.8 Å². The van der Waals surface area contributed by atoms with Crippen molar-refractivity contribution >= 4 is 45.7 Å². The molecule has 1 aromatic heterocycles. The number of rotatable bonds is 6. The zero-order chi connectivity index (χ0) is 22.6. The smallest absolute Gasteiger partial charge is 0.325 e. The average Bonchev–Trinajstić information content (AvgIpc) is 3.12. The standard InChI is InChI=1S/C20H17F3N4O2S2/c1-11-7-12(2)9-13(8-11)17(29)25-18-26-27-19(31-18)30-10-16(28)24-15-6-4-3-5-14(15)20(21,22)23/h3-9H,10H2,1-2H3,(H,24,28)(H,25,26,29). The van der Waals surface area contributed by atoms with Gasteiger partial charge in [0.05, 0.1) is 17.0 Å². The van der Waals surface area contributed by atoms with Gasteiger partial charge in [0.2, 0.25) is 11.0 Å². The highest BCUT2D eigenvalue weighted by Crippen LogP contribution is 2.34. The highest BCUT2D eigenvalue weighted by Gasteiger charge is 2.33. The molecule has 1 heterocycles.